The highest BCUT2D eigenvalue weighted by Crippen LogP contribution is 2.16. The zero-order valence-electron chi connectivity index (χ0n) is 6.99. The summed E-state index contributed by atoms with van der Waals surface area (Å²) in [5.74, 6) is 0.389. The molecule has 1 rings (SSSR count). The molecule has 0 aliphatic heterocycles. The molecule has 0 bridgehead atoms. The molecule has 66 valence electrons. The molecule has 1 aromatic heterocycles. The molecule has 4 heteroatoms. The summed E-state index contributed by atoms with van der Waals surface area (Å²) in [5.41, 5.74) is 6.23. The molecule has 0 radical (unpaired) electrons. The average molecular weight is 167 g/mol. The van der Waals surface area contributed by atoms with Crippen LogP contribution in [-0.4, -0.2) is 23.7 Å². The summed E-state index contributed by atoms with van der Waals surface area (Å²) >= 11 is 0. The Morgan fingerprint density at radius 3 is 3.08 bits per heavy atom. The van der Waals surface area contributed by atoms with E-state index < -0.39 is 6.10 Å². The summed E-state index contributed by atoms with van der Waals surface area (Å²) < 4.78 is 0. The Kier molecular flexibility index (Phi) is 3.01. The standard InChI is InChI=1S/C8H13N3O/c1-10-5-7(12)6-3-2-4-11-8(6)9/h2-4,7,10,12H,5H2,1H3,(H2,9,11). The lowest BCUT2D eigenvalue weighted by Gasteiger charge is -2.11. The Balaban J connectivity index is 2.79. The smallest absolute Gasteiger partial charge is 0.129 e. The Hall–Kier alpha value is -1.13. The summed E-state index contributed by atoms with van der Waals surface area (Å²) in [6.07, 6.45) is 1.02. The van der Waals surface area contributed by atoms with Crippen LogP contribution in [0, 0.1) is 0 Å². The van der Waals surface area contributed by atoms with Gasteiger partial charge in [-0.15, -0.1) is 0 Å². The van der Waals surface area contributed by atoms with E-state index in [1.54, 1.807) is 25.4 Å². The lowest BCUT2D eigenvalue weighted by molar-refractivity contribution is 0.178. The van der Waals surface area contributed by atoms with Gasteiger partial charge in [-0.25, -0.2) is 4.98 Å². The monoisotopic (exact) mass is 167 g/mol. The van der Waals surface area contributed by atoms with E-state index in [1.165, 1.54) is 0 Å². The van der Waals surface area contributed by atoms with Crippen LogP contribution in [0.5, 0.6) is 0 Å². The number of aliphatic hydroxyl groups excluding tert-OH is 1. The first-order chi connectivity index (χ1) is 5.75. The predicted octanol–water partition coefficient (Wildman–Crippen LogP) is -0.0834. The van der Waals surface area contributed by atoms with Crippen LogP contribution in [-0.2, 0) is 0 Å². The van der Waals surface area contributed by atoms with Gasteiger partial charge in [-0.3, -0.25) is 0 Å². The molecule has 0 aliphatic carbocycles. The van der Waals surface area contributed by atoms with E-state index in [1.807, 2.05) is 0 Å². The molecular formula is C8H13N3O. The summed E-state index contributed by atoms with van der Waals surface area (Å²) in [6.45, 7) is 0.482. The maximum atomic E-state index is 9.52. The molecule has 4 nitrogen and oxygen atoms in total. The fourth-order valence-corrected chi connectivity index (χ4v) is 1.02. The van der Waals surface area contributed by atoms with Crippen molar-refractivity contribution in [2.24, 2.45) is 0 Å². The third-order valence-electron chi connectivity index (χ3n) is 1.63. The van der Waals surface area contributed by atoms with E-state index in [9.17, 15) is 5.11 Å². The molecule has 1 atom stereocenters. The van der Waals surface area contributed by atoms with Gasteiger partial charge in [0, 0.05) is 18.3 Å². The van der Waals surface area contributed by atoms with E-state index in [4.69, 9.17) is 5.73 Å². The highest BCUT2D eigenvalue weighted by molar-refractivity contribution is 5.40. The molecular weight excluding hydrogens is 154 g/mol. The summed E-state index contributed by atoms with van der Waals surface area (Å²) in [5, 5.41) is 12.4. The van der Waals surface area contributed by atoms with Crippen LogP contribution in [0.1, 0.15) is 11.7 Å². The van der Waals surface area contributed by atoms with Gasteiger partial charge in [0.15, 0.2) is 0 Å². The second-order valence-electron chi connectivity index (χ2n) is 2.55. The molecule has 1 heterocycles. The molecule has 4 N–H and O–H groups in total. The molecule has 0 fully saturated rings. The van der Waals surface area contributed by atoms with Crippen LogP contribution in [0.25, 0.3) is 0 Å². The Bertz CT molecular complexity index is 252. The highest BCUT2D eigenvalue weighted by Gasteiger charge is 2.09. The molecule has 0 aliphatic rings. The number of nitrogens with one attached hydrogen (secondary N) is 1. The fourth-order valence-electron chi connectivity index (χ4n) is 1.02. The lowest BCUT2D eigenvalue weighted by atomic mass is 10.1. The zero-order chi connectivity index (χ0) is 8.97. The molecule has 0 saturated heterocycles. The van der Waals surface area contributed by atoms with Crippen molar-refractivity contribution in [2.75, 3.05) is 19.3 Å². The number of nitrogens with zero attached hydrogens (tertiary/aromatic N) is 1. The van der Waals surface area contributed by atoms with Gasteiger partial charge < -0.3 is 16.2 Å². The van der Waals surface area contributed by atoms with Gasteiger partial charge in [0.25, 0.3) is 0 Å². The van der Waals surface area contributed by atoms with Crippen molar-refractivity contribution in [3.8, 4) is 0 Å². The minimum atomic E-state index is -0.580. The van der Waals surface area contributed by atoms with E-state index in [0.29, 0.717) is 17.9 Å². The number of nitrogen functional groups attached to an aromatic ring is 1. The molecule has 0 aromatic carbocycles. The van der Waals surface area contributed by atoms with Crippen molar-refractivity contribution in [1.82, 2.24) is 10.3 Å². The van der Waals surface area contributed by atoms with E-state index >= 15 is 0 Å². The molecule has 0 spiro atoms. The van der Waals surface area contributed by atoms with Crippen LogP contribution in [0.2, 0.25) is 0 Å². The number of hydrogen-bond acceptors (Lipinski definition) is 4. The third kappa shape index (κ3) is 1.93. The summed E-state index contributed by atoms with van der Waals surface area (Å²) in [4.78, 5) is 3.87. The predicted molar refractivity (Wildman–Crippen MR) is 47.5 cm³/mol. The summed E-state index contributed by atoms with van der Waals surface area (Å²) in [7, 11) is 1.77. The van der Waals surface area contributed by atoms with Gasteiger partial charge in [0.05, 0.1) is 6.10 Å². The van der Waals surface area contributed by atoms with Crippen LogP contribution in [0.4, 0.5) is 5.82 Å². The van der Waals surface area contributed by atoms with Crippen molar-refractivity contribution in [3.63, 3.8) is 0 Å². The maximum absolute atomic E-state index is 9.52. The fraction of sp³-hybridized carbons (Fsp3) is 0.375. The number of nitrogens with two attached hydrogens (primary N) is 1. The number of likely N-dealkylation sites (N-methyl/N-ethyl adjacent to an activating group) is 1. The first kappa shape index (κ1) is 8.96. The Morgan fingerprint density at radius 2 is 2.50 bits per heavy atom. The Labute approximate surface area is 71.4 Å². The zero-order valence-corrected chi connectivity index (χ0v) is 6.99. The molecule has 1 aromatic rings. The largest absolute Gasteiger partial charge is 0.387 e. The van der Waals surface area contributed by atoms with E-state index in [0.717, 1.165) is 0 Å². The van der Waals surface area contributed by atoms with Gasteiger partial charge >= 0.3 is 0 Å². The lowest BCUT2D eigenvalue weighted by Crippen LogP contribution is -2.18. The molecule has 12 heavy (non-hydrogen) atoms. The first-order valence-electron chi connectivity index (χ1n) is 3.78. The van der Waals surface area contributed by atoms with Crippen molar-refractivity contribution in [2.45, 2.75) is 6.10 Å². The average Bonchev–Trinajstić information content (AvgIpc) is 2.05. The van der Waals surface area contributed by atoms with Crippen LogP contribution in [0.3, 0.4) is 0 Å². The van der Waals surface area contributed by atoms with E-state index in [-0.39, 0.29) is 0 Å². The number of pyridine rings is 1. The maximum Gasteiger partial charge on any atom is 0.129 e. The van der Waals surface area contributed by atoms with Crippen LogP contribution >= 0.6 is 0 Å². The topological polar surface area (TPSA) is 71.2 Å². The highest BCUT2D eigenvalue weighted by atomic mass is 16.3. The second kappa shape index (κ2) is 4.04. The van der Waals surface area contributed by atoms with Crippen LogP contribution in [0.15, 0.2) is 18.3 Å². The quantitative estimate of drug-likeness (QED) is 0.588. The van der Waals surface area contributed by atoms with Crippen LogP contribution < -0.4 is 11.1 Å². The SMILES string of the molecule is CNCC(O)c1cccnc1N. The van der Waals surface area contributed by atoms with Crippen molar-refractivity contribution in [1.29, 1.82) is 0 Å². The molecule has 0 saturated carbocycles. The van der Waals surface area contributed by atoms with E-state index in [2.05, 4.69) is 10.3 Å². The van der Waals surface area contributed by atoms with Gasteiger partial charge in [-0.2, -0.15) is 0 Å². The van der Waals surface area contributed by atoms with Crippen molar-refractivity contribution in [3.05, 3.63) is 23.9 Å². The number of anilines is 1. The van der Waals surface area contributed by atoms with Gasteiger partial charge in [-0.05, 0) is 13.1 Å². The molecule has 1 unspecified atom stereocenters. The van der Waals surface area contributed by atoms with Crippen molar-refractivity contribution < 1.29 is 5.11 Å². The van der Waals surface area contributed by atoms with Gasteiger partial charge in [-0.1, -0.05) is 6.07 Å². The number of hydrogen-bond donors (Lipinski definition) is 3. The molecule has 0 amide bonds. The van der Waals surface area contributed by atoms with Gasteiger partial charge in [0.1, 0.15) is 5.82 Å². The van der Waals surface area contributed by atoms with Crippen molar-refractivity contribution >= 4 is 5.82 Å². The number of aromatic nitrogens is 1. The minimum absolute atomic E-state index is 0.389. The first-order valence-corrected chi connectivity index (χ1v) is 3.78. The summed E-state index contributed by atoms with van der Waals surface area (Å²) in [6, 6.07) is 3.52. The third-order valence-corrected chi connectivity index (χ3v) is 1.63. The number of rotatable bonds is 3. The second-order valence-corrected chi connectivity index (χ2v) is 2.55. The number of aliphatic hydroxyl groups is 1. The Morgan fingerprint density at radius 1 is 1.75 bits per heavy atom. The minimum Gasteiger partial charge on any atom is -0.387 e. The normalized spacial score (nSPS) is 12.8. The van der Waals surface area contributed by atoms with Gasteiger partial charge in [0.2, 0.25) is 0 Å².